The van der Waals surface area contributed by atoms with Gasteiger partial charge in [-0.05, 0) is 73.4 Å². The Balaban J connectivity index is 1.91. The molecule has 0 amide bonds. The van der Waals surface area contributed by atoms with E-state index in [1.807, 2.05) is 0 Å². The molecule has 0 aromatic heterocycles. The minimum absolute atomic E-state index is 0.647. The molecule has 104 valence electrons. The van der Waals surface area contributed by atoms with E-state index >= 15 is 0 Å². The van der Waals surface area contributed by atoms with Crippen LogP contribution in [0.4, 0.5) is 5.69 Å². The van der Waals surface area contributed by atoms with Crippen molar-refractivity contribution < 1.29 is 0 Å². The molecule has 2 aromatic carbocycles. The van der Waals surface area contributed by atoms with Crippen molar-refractivity contribution >= 4 is 5.69 Å². The standard InChI is InChI=1S/C19H23N/c1-13-10-15(3)17(11-14(13)2)12-16-8-9-20-19-7-5-4-6-18(16)19/h4-7,10-11,16,20H,8-9,12H2,1-3H3. The van der Waals surface area contributed by atoms with Gasteiger partial charge in [0.25, 0.3) is 0 Å². The van der Waals surface area contributed by atoms with Crippen LogP contribution in [0.3, 0.4) is 0 Å². The molecule has 3 rings (SSSR count). The van der Waals surface area contributed by atoms with Gasteiger partial charge in [0.05, 0.1) is 0 Å². The van der Waals surface area contributed by atoms with Crippen LogP contribution in [-0.4, -0.2) is 6.54 Å². The first-order valence-corrected chi connectivity index (χ1v) is 7.54. The number of hydrogen-bond acceptors (Lipinski definition) is 1. The number of nitrogens with one attached hydrogen (secondary N) is 1. The Labute approximate surface area is 122 Å². The maximum absolute atomic E-state index is 3.51. The summed E-state index contributed by atoms with van der Waals surface area (Å²) >= 11 is 0. The first-order valence-electron chi connectivity index (χ1n) is 7.54. The van der Waals surface area contributed by atoms with Crippen LogP contribution in [0, 0.1) is 20.8 Å². The maximum atomic E-state index is 3.51. The third-order valence-corrected chi connectivity index (χ3v) is 4.63. The van der Waals surface area contributed by atoms with Crippen LogP contribution in [0.5, 0.6) is 0 Å². The van der Waals surface area contributed by atoms with Crippen LogP contribution in [0.2, 0.25) is 0 Å². The Bertz CT molecular complexity index is 628. The monoisotopic (exact) mass is 265 g/mol. The molecule has 1 N–H and O–H groups in total. The Hall–Kier alpha value is -1.76. The molecule has 1 heterocycles. The minimum atomic E-state index is 0.647. The minimum Gasteiger partial charge on any atom is -0.385 e. The lowest BCUT2D eigenvalue weighted by Crippen LogP contribution is -2.18. The van der Waals surface area contributed by atoms with Crippen molar-refractivity contribution in [2.75, 3.05) is 11.9 Å². The van der Waals surface area contributed by atoms with E-state index in [9.17, 15) is 0 Å². The number of benzene rings is 2. The van der Waals surface area contributed by atoms with E-state index in [2.05, 4.69) is 62.5 Å². The Morgan fingerprint density at radius 3 is 2.60 bits per heavy atom. The molecule has 0 spiro atoms. The summed E-state index contributed by atoms with van der Waals surface area (Å²) in [7, 11) is 0. The predicted octanol–water partition coefficient (Wildman–Crippen LogP) is 4.75. The number of anilines is 1. The van der Waals surface area contributed by atoms with E-state index in [4.69, 9.17) is 0 Å². The molecule has 0 aliphatic carbocycles. The summed E-state index contributed by atoms with van der Waals surface area (Å²) < 4.78 is 0. The fourth-order valence-electron chi connectivity index (χ4n) is 3.27. The lowest BCUT2D eigenvalue weighted by atomic mass is 9.84. The zero-order valence-electron chi connectivity index (χ0n) is 12.7. The zero-order chi connectivity index (χ0) is 14.1. The number of hydrogen-bond donors (Lipinski definition) is 1. The summed E-state index contributed by atoms with van der Waals surface area (Å²) in [6.07, 6.45) is 2.38. The van der Waals surface area contributed by atoms with Crippen LogP contribution in [0.15, 0.2) is 36.4 Å². The van der Waals surface area contributed by atoms with Gasteiger partial charge >= 0.3 is 0 Å². The van der Waals surface area contributed by atoms with Gasteiger partial charge in [0.2, 0.25) is 0 Å². The van der Waals surface area contributed by atoms with E-state index in [0.717, 1.165) is 13.0 Å². The Kier molecular flexibility index (Phi) is 3.52. The zero-order valence-corrected chi connectivity index (χ0v) is 12.7. The molecule has 0 radical (unpaired) electrons. The molecule has 1 heteroatoms. The van der Waals surface area contributed by atoms with Gasteiger partial charge in [-0.3, -0.25) is 0 Å². The van der Waals surface area contributed by atoms with E-state index in [0.29, 0.717) is 5.92 Å². The van der Waals surface area contributed by atoms with Crippen molar-refractivity contribution in [2.45, 2.75) is 39.5 Å². The summed E-state index contributed by atoms with van der Waals surface area (Å²) in [6.45, 7) is 7.75. The van der Waals surface area contributed by atoms with E-state index in [-0.39, 0.29) is 0 Å². The van der Waals surface area contributed by atoms with E-state index in [1.165, 1.54) is 39.9 Å². The lowest BCUT2D eigenvalue weighted by molar-refractivity contribution is 0.622. The fourth-order valence-corrected chi connectivity index (χ4v) is 3.27. The average Bonchev–Trinajstić information content (AvgIpc) is 2.45. The summed E-state index contributed by atoms with van der Waals surface area (Å²) in [5.41, 5.74) is 8.56. The van der Waals surface area contributed by atoms with Crippen LogP contribution in [-0.2, 0) is 6.42 Å². The molecule has 0 saturated heterocycles. The van der Waals surface area contributed by atoms with Crippen LogP contribution < -0.4 is 5.32 Å². The van der Waals surface area contributed by atoms with Crippen molar-refractivity contribution in [2.24, 2.45) is 0 Å². The number of aryl methyl sites for hydroxylation is 3. The SMILES string of the molecule is Cc1cc(C)c(CC2CCNc3ccccc32)cc1C. The van der Waals surface area contributed by atoms with Gasteiger partial charge in [-0.25, -0.2) is 0 Å². The third kappa shape index (κ3) is 2.45. The fraction of sp³-hybridized carbons (Fsp3) is 0.368. The van der Waals surface area contributed by atoms with Crippen molar-refractivity contribution in [3.8, 4) is 0 Å². The number of rotatable bonds is 2. The van der Waals surface area contributed by atoms with Crippen molar-refractivity contribution in [1.82, 2.24) is 0 Å². The predicted molar refractivity (Wildman–Crippen MR) is 86.6 cm³/mol. The highest BCUT2D eigenvalue weighted by molar-refractivity contribution is 5.55. The highest BCUT2D eigenvalue weighted by Crippen LogP contribution is 2.34. The van der Waals surface area contributed by atoms with Crippen molar-refractivity contribution in [1.29, 1.82) is 0 Å². The summed E-state index contributed by atoms with van der Waals surface area (Å²) in [4.78, 5) is 0. The molecular formula is C19H23N. The van der Waals surface area contributed by atoms with Crippen molar-refractivity contribution in [3.05, 3.63) is 64.2 Å². The molecule has 0 fully saturated rings. The molecule has 20 heavy (non-hydrogen) atoms. The Morgan fingerprint density at radius 2 is 1.75 bits per heavy atom. The summed E-state index contributed by atoms with van der Waals surface area (Å²) in [5.74, 6) is 0.647. The molecule has 2 aromatic rings. The van der Waals surface area contributed by atoms with Gasteiger partial charge in [0.15, 0.2) is 0 Å². The third-order valence-electron chi connectivity index (χ3n) is 4.63. The van der Waals surface area contributed by atoms with Crippen molar-refractivity contribution in [3.63, 3.8) is 0 Å². The molecule has 1 unspecified atom stereocenters. The molecular weight excluding hydrogens is 242 g/mol. The van der Waals surface area contributed by atoms with Gasteiger partial charge in [0, 0.05) is 12.2 Å². The van der Waals surface area contributed by atoms with Gasteiger partial charge in [-0.15, -0.1) is 0 Å². The quantitative estimate of drug-likeness (QED) is 0.826. The normalized spacial score (nSPS) is 17.4. The smallest absolute Gasteiger partial charge is 0.0375 e. The largest absolute Gasteiger partial charge is 0.385 e. The maximum Gasteiger partial charge on any atom is 0.0375 e. The topological polar surface area (TPSA) is 12.0 Å². The number of fused-ring (bicyclic) bond motifs is 1. The molecule has 1 aliphatic rings. The van der Waals surface area contributed by atoms with Crippen LogP contribution in [0.25, 0.3) is 0 Å². The van der Waals surface area contributed by atoms with Crippen LogP contribution >= 0.6 is 0 Å². The van der Waals surface area contributed by atoms with Gasteiger partial charge in [-0.2, -0.15) is 0 Å². The molecule has 1 atom stereocenters. The molecule has 0 bridgehead atoms. The highest BCUT2D eigenvalue weighted by atomic mass is 14.9. The second kappa shape index (κ2) is 5.32. The average molecular weight is 265 g/mol. The van der Waals surface area contributed by atoms with E-state index < -0.39 is 0 Å². The second-order valence-corrected chi connectivity index (χ2v) is 6.07. The number of para-hydroxylation sites is 1. The van der Waals surface area contributed by atoms with E-state index in [1.54, 1.807) is 0 Å². The van der Waals surface area contributed by atoms with Gasteiger partial charge < -0.3 is 5.32 Å². The molecule has 0 saturated carbocycles. The first kappa shape index (κ1) is 13.2. The lowest BCUT2D eigenvalue weighted by Gasteiger charge is -2.27. The molecule has 1 nitrogen and oxygen atoms in total. The highest BCUT2D eigenvalue weighted by Gasteiger charge is 2.20. The second-order valence-electron chi connectivity index (χ2n) is 6.07. The van der Waals surface area contributed by atoms with Gasteiger partial charge in [-0.1, -0.05) is 30.3 Å². The summed E-state index contributed by atoms with van der Waals surface area (Å²) in [6, 6.07) is 13.5. The Morgan fingerprint density at radius 1 is 1.00 bits per heavy atom. The van der Waals surface area contributed by atoms with Crippen LogP contribution in [0.1, 0.15) is 40.2 Å². The van der Waals surface area contributed by atoms with Gasteiger partial charge in [0.1, 0.15) is 0 Å². The first-order chi connectivity index (χ1) is 9.65. The molecule has 1 aliphatic heterocycles. The summed E-state index contributed by atoms with van der Waals surface area (Å²) in [5, 5.41) is 3.51.